The molecule has 0 saturated carbocycles. The summed E-state index contributed by atoms with van der Waals surface area (Å²) >= 11 is 3.61. The summed E-state index contributed by atoms with van der Waals surface area (Å²) < 4.78 is 0. The van der Waals surface area contributed by atoms with Crippen molar-refractivity contribution < 1.29 is 0 Å². The molecule has 1 rings (SSSR count). The molecule has 0 saturated heterocycles. The van der Waals surface area contributed by atoms with Gasteiger partial charge in [0.2, 0.25) is 0 Å². The first-order valence-electron chi connectivity index (χ1n) is 6.33. The van der Waals surface area contributed by atoms with Crippen molar-refractivity contribution in [1.82, 2.24) is 4.90 Å². The van der Waals surface area contributed by atoms with Gasteiger partial charge in [0.05, 0.1) is 0 Å². The maximum Gasteiger partial charge on any atom is 0.0230 e. The topological polar surface area (TPSA) is 3.24 Å². The summed E-state index contributed by atoms with van der Waals surface area (Å²) in [7, 11) is 2.21. The van der Waals surface area contributed by atoms with E-state index in [4.69, 9.17) is 0 Å². The van der Waals surface area contributed by atoms with E-state index in [1.165, 1.54) is 11.1 Å². The highest BCUT2D eigenvalue weighted by Gasteiger charge is 2.14. The SMILES string of the molecule is Cc1ccc(CN(C)CC(CBr)C(C)C)cc1. The lowest BCUT2D eigenvalue weighted by Gasteiger charge is -2.25. The summed E-state index contributed by atoms with van der Waals surface area (Å²) in [6.07, 6.45) is 0. The zero-order valence-electron chi connectivity index (χ0n) is 11.4. The van der Waals surface area contributed by atoms with Crippen molar-refractivity contribution in [2.75, 3.05) is 18.9 Å². The van der Waals surface area contributed by atoms with E-state index in [0.717, 1.165) is 30.3 Å². The normalized spacial score (nSPS) is 13.4. The Morgan fingerprint density at radius 2 is 1.76 bits per heavy atom. The Morgan fingerprint density at radius 1 is 1.18 bits per heavy atom. The second-order valence-corrected chi connectivity index (χ2v) is 5.99. The van der Waals surface area contributed by atoms with Crippen LogP contribution in [0.25, 0.3) is 0 Å². The minimum Gasteiger partial charge on any atom is -0.302 e. The van der Waals surface area contributed by atoms with Gasteiger partial charge in [0, 0.05) is 18.4 Å². The van der Waals surface area contributed by atoms with Crippen molar-refractivity contribution in [3.8, 4) is 0 Å². The van der Waals surface area contributed by atoms with Crippen LogP contribution in [-0.2, 0) is 6.54 Å². The van der Waals surface area contributed by atoms with Crippen LogP contribution in [0.1, 0.15) is 25.0 Å². The van der Waals surface area contributed by atoms with E-state index in [1.807, 2.05) is 0 Å². The van der Waals surface area contributed by atoms with Crippen LogP contribution in [0.3, 0.4) is 0 Å². The average Bonchev–Trinajstić information content (AvgIpc) is 2.28. The lowest BCUT2D eigenvalue weighted by atomic mass is 9.97. The number of hydrogen-bond acceptors (Lipinski definition) is 1. The van der Waals surface area contributed by atoms with E-state index in [-0.39, 0.29) is 0 Å². The molecular formula is C15H24BrN. The third-order valence-electron chi connectivity index (χ3n) is 3.26. The Kier molecular flexibility index (Phi) is 6.21. The van der Waals surface area contributed by atoms with Crippen molar-refractivity contribution in [2.24, 2.45) is 11.8 Å². The lowest BCUT2D eigenvalue weighted by molar-refractivity contribution is 0.247. The third-order valence-corrected chi connectivity index (χ3v) is 4.09. The van der Waals surface area contributed by atoms with Crippen LogP contribution in [0.5, 0.6) is 0 Å². The molecule has 96 valence electrons. The van der Waals surface area contributed by atoms with Crippen LogP contribution in [0.15, 0.2) is 24.3 Å². The lowest BCUT2D eigenvalue weighted by Crippen LogP contribution is -2.29. The third kappa shape index (κ3) is 5.22. The summed E-state index contributed by atoms with van der Waals surface area (Å²) in [5, 5.41) is 1.09. The van der Waals surface area contributed by atoms with Crippen molar-refractivity contribution in [1.29, 1.82) is 0 Å². The number of halogens is 1. The van der Waals surface area contributed by atoms with Gasteiger partial charge in [-0.15, -0.1) is 0 Å². The largest absolute Gasteiger partial charge is 0.302 e. The molecule has 0 amide bonds. The van der Waals surface area contributed by atoms with Crippen LogP contribution < -0.4 is 0 Å². The van der Waals surface area contributed by atoms with Gasteiger partial charge in [0.1, 0.15) is 0 Å². The Balaban J connectivity index is 2.48. The summed E-state index contributed by atoms with van der Waals surface area (Å²) in [5.41, 5.74) is 2.73. The highest BCUT2D eigenvalue weighted by atomic mass is 79.9. The first-order valence-corrected chi connectivity index (χ1v) is 7.45. The smallest absolute Gasteiger partial charge is 0.0230 e. The molecule has 0 aliphatic carbocycles. The molecule has 0 aliphatic rings. The van der Waals surface area contributed by atoms with Crippen LogP contribution in [0, 0.1) is 18.8 Å². The van der Waals surface area contributed by atoms with Crippen LogP contribution >= 0.6 is 15.9 Å². The fourth-order valence-electron chi connectivity index (χ4n) is 1.91. The Labute approximate surface area is 114 Å². The maximum atomic E-state index is 3.61. The molecule has 0 aromatic heterocycles. The van der Waals surface area contributed by atoms with Gasteiger partial charge >= 0.3 is 0 Å². The van der Waals surface area contributed by atoms with E-state index in [1.54, 1.807) is 0 Å². The van der Waals surface area contributed by atoms with E-state index in [9.17, 15) is 0 Å². The van der Waals surface area contributed by atoms with E-state index < -0.39 is 0 Å². The Morgan fingerprint density at radius 3 is 2.24 bits per heavy atom. The predicted octanol–water partition coefficient (Wildman–Crippen LogP) is 4.09. The van der Waals surface area contributed by atoms with Gasteiger partial charge in [-0.25, -0.2) is 0 Å². The number of nitrogens with zero attached hydrogens (tertiary/aromatic N) is 1. The molecule has 0 bridgehead atoms. The van der Waals surface area contributed by atoms with E-state index >= 15 is 0 Å². The van der Waals surface area contributed by atoms with Crippen molar-refractivity contribution in [3.63, 3.8) is 0 Å². The second kappa shape index (κ2) is 7.17. The van der Waals surface area contributed by atoms with Gasteiger partial charge < -0.3 is 4.90 Å². The number of rotatable bonds is 6. The van der Waals surface area contributed by atoms with Crippen molar-refractivity contribution in [3.05, 3.63) is 35.4 Å². The number of alkyl halides is 1. The highest BCUT2D eigenvalue weighted by molar-refractivity contribution is 9.09. The molecule has 0 N–H and O–H groups in total. The van der Waals surface area contributed by atoms with Crippen molar-refractivity contribution >= 4 is 15.9 Å². The average molecular weight is 298 g/mol. The van der Waals surface area contributed by atoms with Gasteiger partial charge in [-0.2, -0.15) is 0 Å². The fourth-order valence-corrected chi connectivity index (χ4v) is 2.86. The molecule has 0 fully saturated rings. The minimum atomic E-state index is 0.727. The molecule has 2 heteroatoms. The second-order valence-electron chi connectivity index (χ2n) is 5.34. The molecule has 0 heterocycles. The minimum absolute atomic E-state index is 0.727. The first-order chi connectivity index (χ1) is 8.02. The maximum absolute atomic E-state index is 3.61. The quantitative estimate of drug-likeness (QED) is 0.715. The fraction of sp³-hybridized carbons (Fsp3) is 0.600. The molecule has 0 spiro atoms. The molecule has 17 heavy (non-hydrogen) atoms. The number of aryl methyl sites for hydroxylation is 1. The molecule has 0 radical (unpaired) electrons. The highest BCUT2D eigenvalue weighted by Crippen LogP contribution is 2.16. The van der Waals surface area contributed by atoms with Gasteiger partial charge in [-0.1, -0.05) is 59.6 Å². The van der Waals surface area contributed by atoms with E-state index in [2.05, 4.69) is 72.9 Å². The molecule has 1 aromatic rings. The van der Waals surface area contributed by atoms with Crippen LogP contribution in [0.4, 0.5) is 0 Å². The Bertz CT molecular complexity index is 318. The van der Waals surface area contributed by atoms with Gasteiger partial charge in [-0.05, 0) is 31.4 Å². The molecule has 1 aromatic carbocycles. The van der Waals surface area contributed by atoms with Crippen LogP contribution in [0.2, 0.25) is 0 Å². The zero-order chi connectivity index (χ0) is 12.8. The summed E-state index contributed by atoms with van der Waals surface area (Å²) in [6, 6.07) is 8.83. The van der Waals surface area contributed by atoms with Gasteiger partial charge in [0.25, 0.3) is 0 Å². The molecule has 1 unspecified atom stereocenters. The van der Waals surface area contributed by atoms with Gasteiger partial charge in [0.15, 0.2) is 0 Å². The predicted molar refractivity (Wildman–Crippen MR) is 79.6 cm³/mol. The summed E-state index contributed by atoms with van der Waals surface area (Å²) in [5.74, 6) is 1.46. The Hall–Kier alpha value is -0.340. The van der Waals surface area contributed by atoms with Gasteiger partial charge in [-0.3, -0.25) is 0 Å². The van der Waals surface area contributed by atoms with Crippen molar-refractivity contribution in [2.45, 2.75) is 27.3 Å². The van der Waals surface area contributed by atoms with Crippen LogP contribution in [-0.4, -0.2) is 23.8 Å². The summed E-state index contributed by atoms with van der Waals surface area (Å²) in [4.78, 5) is 2.41. The zero-order valence-corrected chi connectivity index (χ0v) is 13.0. The molecule has 1 atom stereocenters. The molecule has 0 aliphatic heterocycles. The standard InChI is InChI=1S/C15H24BrN/c1-12(2)15(9-16)11-17(4)10-14-7-5-13(3)6-8-14/h5-8,12,15H,9-11H2,1-4H3. The van der Waals surface area contributed by atoms with E-state index in [0.29, 0.717) is 0 Å². The monoisotopic (exact) mass is 297 g/mol. The number of benzene rings is 1. The molecule has 1 nitrogen and oxygen atoms in total. The summed E-state index contributed by atoms with van der Waals surface area (Å²) in [6.45, 7) is 8.91. The number of hydrogen-bond donors (Lipinski definition) is 0. The first kappa shape index (κ1) is 14.7. The molecular weight excluding hydrogens is 274 g/mol.